The number of rotatable bonds is 4. The molecule has 156 valence electrons. The molecule has 2 N–H and O–H groups in total. The summed E-state index contributed by atoms with van der Waals surface area (Å²) in [7, 11) is 1.42. The van der Waals surface area contributed by atoms with Gasteiger partial charge < -0.3 is 14.6 Å². The summed E-state index contributed by atoms with van der Waals surface area (Å²) in [5.41, 5.74) is 3.65. The van der Waals surface area contributed by atoms with Gasteiger partial charge in [0, 0.05) is 35.8 Å². The number of aryl methyl sites for hydroxylation is 1. The number of H-pyrrole nitrogens is 1. The quantitative estimate of drug-likeness (QED) is 0.497. The SMILES string of the molecule is COC(=O)C1CCc2nc(-c3ccc(NC(=O)c4n[nH]c5ccccc45)cc3)cn2C1. The molecule has 3 heterocycles. The minimum Gasteiger partial charge on any atom is -0.469 e. The van der Waals surface area contributed by atoms with E-state index < -0.39 is 0 Å². The number of anilines is 1. The van der Waals surface area contributed by atoms with E-state index in [1.807, 2.05) is 59.3 Å². The van der Waals surface area contributed by atoms with Gasteiger partial charge in [0.2, 0.25) is 0 Å². The highest BCUT2D eigenvalue weighted by Crippen LogP contribution is 2.26. The zero-order chi connectivity index (χ0) is 21.4. The Balaban J connectivity index is 1.31. The van der Waals surface area contributed by atoms with E-state index in [-0.39, 0.29) is 17.8 Å². The third-order valence-electron chi connectivity index (χ3n) is 5.65. The molecule has 0 saturated carbocycles. The van der Waals surface area contributed by atoms with Gasteiger partial charge in [-0.25, -0.2) is 4.98 Å². The van der Waals surface area contributed by atoms with E-state index in [2.05, 4.69) is 15.5 Å². The summed E-state index contributed by atoms with van der Waals surface area (Å²) in [6.45, 7) is 0.584. The zero-order valence-corrected chi connectivity index (χ0v) is 17.0. The van der Waals surface area contributed by atoms with Crippen molar-refractivity contribution in [3.05, 3.63) is 66.2 Å². The van der Waals surface area contributed by atoms with Crippen LogP contribution >= 0.6 is 0 Å². The molecule has 1 atom stereocenters. The number of carbonyl (C=O) groups excluding carboxylic acids is 2. The summed E-state index contributed by atoms with van der Waals surface area (Å²) in [4.78, 5) is 29.2. The fourth-order valence-electron chi connectivity index (χ4n) is 3.99. The molecule has 0 saturated heterocycles. The third-order valence-corrected chi connectivity index (χ3v) is 5.65. The number of para-hydroxylation sites is 1. The lowest BCUT2D eigenvalue weighted by Gasteiger charge is -2.21. The van der Waals surface area contributed by atoms with E-state index in [0.717, 1.165) is 40.8 Å². The second kappa shape index (κ2) is 7.71. The van der Waals surface area contributed by atoms with Crippen LogP contribution in [0.5, 0.6) is 0 Å². The van der Waals surface area contributed by atoms with Crippen molar-refractivity contribution in [2.24, 2.45) is 5.92 Å². The normalized spacial score (nSPS) is 15.5. The number of aromatic amines is 1. The molecule has 1 amide bonds. The highest BCUT2D eigenvalue weighted by atomic mass is 16.5. The maximum atomic E-state index is 12.6. The molecule has 1 aliphatic heterocycles. The van der Waals surface area contributed by atoms with Gasteiger partial charge in [0.05, 0.1) is 24.2 Å². The molecule has 8 nitrogen and oxygen atoms in total. The van der Waals surface area contributed by atoms with E-state index in [1.54, 1.807) is 0 Å². The fraction of sp³-hybridized carbons (Fsp3) is 0.217. The first-order valence-corrected chi connectivity index (χ1v) is 10.1. The smallest absolute Gasteiger partial charge is 0.310 e. The number of hydrogen-bond donors (Lipinski definition) is 2. The molecule has 5 rings (SSSR count). The predicted molar refractivity (Wildman–Crippen MR) is 116 cm³/mol. The lowest BCUT2D eigenvalue weighted by Crippen LogP contribution is -2.27. The Bertz CT molecular complexity index is 1270. The van der Waals surface area contributed by atoms with E-state index in [0.29, 0.717) is 17.9 Å². The van der Waals surface area contributed by atoms with E-state index in [1.165, 1.54) is 7.11 Å². The van der Waals surface area contributed by atoms with Gasteiger partial charge in [-0.15, -0.1) is 0 Å². The molecule has 31 heavy (non-hydrogen) atoms. The second-order valence-corrected chi connectivity index (χ2v) is 7.60. The van der Waals surface area contributed by atoms with Crippen molar-refractivity contribution in [1.82, 2.24) is 19.7 Å². The average Bonchev–Trinajstić information content (AvgIpc) is 3.43. The molecule has 0 radical (unpaired) electrons. The third kappa shape index (κ3) is 3.56. The van der Waals surface area contributed by atoms with E-state index in [4.69, 9.17) is 9.72 Å². The minimum absolute atomic E-state index is 0.129. The van der Waals surface area contributed by atoms with Crippen molar-refractivity contribution in [3.8, 4) is 11.3 Å². The maximum Gasteiger partial charge on any atom is 0.310 e. The molecule has 0 spiro atoms. The van der Waals surface area contributed by atoms with Gasteiger partial charge in [0.15, 0.2) is 5.69 Å². The van der Waals surface area contributed by atoms with E-state index >= 15 is 0 Å². The predicted octanol–water partition coefficient (Wildman–Crippen LogP) is 3.41. The Labute approximate surface area is 178 Å². The Morgan fingerprint density at radius 1 is 1.16 bits per heavy atom. The van der Waals surface area contributed by atoms with Crippen LogP contribution in [-0.4, -0.2) is 38.7 Å². The number of imidazole rings is 1. The van der Waals surface area contributed by atoms with Crippen LogP contribution in [0, 0.1) is 5.92 Å². The molecular formula is C23H21N5O3. The van der Waals surface area contributed by atoms with Crippen molar-refractivity contribution < 1.29 is 14.3 Å². The van der Waals surface area contributed by atoms with Crippen LogP contribution in [0.15, 0.2) is 54.7 Å². The monoisotopic (exact) mass is 415 g/mol. The van der Waals surface area contributed by atoms with Crippen LogP contribution in [0.1, 0.15) is 22.7 Å². The lowest BCUT2D eigenvalue weighted by molar-refractivity contribution is -0.146. The zero-order valence-electron chi connectivity index (χ0n) is 17.0. The summed E-state index contributed by atoms with van der Waals surface area (Å²) in [6, 6.07) is 15.0. The van der Waals surface area contributed by atoms with Gasteiger partial charge in [-0.2, -0.15) is 5.10 Å². The fourth-order valence-corrected chi connectivity index (χ4v) is 3.99. The molecule has 8 heteroatoms. The van der Waals surface area contributed by atoms with Gasteiger partial charge >= 0.3 is 5.97 Å². The number of ether oxygens (including phenoxy) is 1. The number of esters is 1. The molecule has 1 aliphatic rings. The molecule has 0 fully saturated rings. The number of carbonyl (C=O) groups is 2. The molecular weight excluding hydrogens is 394 g/mol. The van der Waals surface area contributed by atoms with Crippen molar-refractivity contribution in [1.29, 1.82) is 0 Å². The number of hydrogen-bond acceptors (Lipinski definition) is 5. The summed E-state index contributed by atoms with van der Waals surface area (Å²) in [5.74, 6) is 0.399. The van der Waals surface area contributed by atoms with Gasteiger partial charge in [-0.05, 0) is 24.6 Å². The van der Waals surface area contributed by atoms with Crippen molar-refractivity contribution >= 4 is 28.5 Å². The summed E-state index contributed by atoms with van der Waals surface area (Å²) in [5, 5.41) is 10.7. The second-order valence-electron chi connectivity index (χ2n) is 7.60. The molecule has 2 aromatic carbocycles. The topological polar surface area (TPSA) is 102 Å². The average molecular weight is 415 g/mol. The first kappa shape index (κ1) is 19.0. The van der Waals surface area contributed by atoms with E-state index in [9.17, 15) is 9.59 Å². The summed E-state index contributed by atoms with van der Waals surface area (Å²) < 4.78 is 6.90. The van der Waals surface area contributed by atoms with Crippen molar-refractivity contribution in [2.75, 3.05) is 12.4 Å². The Hall–Kier alpha value is -3.94. The summed E-state index contributed by atoms with van der Waals surface area (Å²) >= 11 is 0. The van der Waals surface area contributed by atoms with Crippen molar-refractivity contribution in [2.45, 2.75) is 19.4 Å². The van der Waals surface area contributed by atoms with Crippen LogP contribution in [0.2, 0.25) is 0 Å². The van der Waals surface area contributed by atoms with Crippen LogP contribution in [0.25, 0.3) is 22.2 Å². The van der Waals surface area contributed by atoms with Crippen LogP contribution in [-0.2, 0) is 22.5 Å². The van der Waals surface area contributed by atoms with Crippen LogP contribution in [0.4, 0.5) is 5.69 Å². The number of nitrogens with zero attached hydrogens (tertiary/aromatic N) is 3. The van der Waals surface area contributed by atoms with Gasteiger partial charge in [-0.1, -0.05) is 30.3 Å². The summed E-state index contributed by atoms with van der Waals surface area (Å²) in [6.07, 6.45) is 3.45. The lowest BCUT2D eigenvalue weighted by atomic mass is 10.00. The molecule has 0 aliphatic carbocycles. The van der Waals surface area contributed by atoms with Gasteiger partial charge in [0.25, 0.3) is 5.91 Å². The maximum absolute atomic E-state index is 12.6. The molecule has 4 aromatic rings. The number of amides is 1. The van der Waals surface area contributed by atoms with Crippen LogP contribution in [0.3, 0.4) is 0 Å². The minimum atomic E-state index is -0.267. The van der Waals surface area contributed by atoms with Crippen LogP contribution < -0.4 is 5.32 Å². The number of fused-ring (bicyclic) bond motifs is 2. The number of benzene rings is 2. The molecule has 0 bridgehead atoms. The number of nitrogens with one attached hydrogen (secondary N) is 2. The first-order chi connectivity index (χ1) is 15.1. The standard InChI is InChI=1S/C23H21N5O3/c1-31-23(30)15-8-11-20-25-19(13-28(20)12-15)14-6-9-16(10-7-14)24-22(29)21-17-4-2-3-5-18(17)26-27-21/h2-7,9-10,13,15H,8,11-12H2,1H3,(H,24,29)(H,26,27). The van der Waals surface area contributed by atoms with Gasteiger partial charge in [-0.3, -0.25) is 14.7 Å². The Morgan fingerprint density at radius 2 is 1.97 bits per heavy atom. The number of aromatic nitrogens is 4. The number of methoxy groups -OCH3 is 1. The highest BCUT2D eigenvalue weighted by Gasteiger charge is 2.26. The molecule has 1 unspecified atom stereocenters. The van der Waals surface area contributed by atoms with Crippen molar-refractivity contribution in [3.63, 3.8) is 0 Å². The van der Waals surface area contributed by atoms with Gasteiger partial charge in [0.1, 0.15) is 5.82 Å². The molecule has 2 aromatic heterocycles. The highest BCUT2D eigenvalue weighted by molar-refractivity contribution is 6.11. The Kier molecular flexibility index (Phi) is 4.74. The largest absolute Gasteiger partial charge is 0.469 e. The Morgan fingerprint density at radius 3 is 2.77 bits per heavy atom. The first-order valence-electron chi connectivity index (χ1n) is 10.1.